The van der Waals surface area contributed by atoms with E-state index in [-0.39, 0.29) is 30.2 Å². The molecule has 5 rings (SSSR count). The number of hydrogen-bond donors (Lipinski definition) is 2. The van der Waals surface area contributed by atoms with Crippen molar-refractivity contribution in [3.05, 3.63) is 54.1 Å². The Hall–Kier alpha value is -3.26. The molecule has 0 unspecified atom stereocenters. The fourth-order valence-electron chi connectivity index (χ4n) is 5.47. The summed E-state index contributed by atoms with van der Waals surface area (Å²) in [5, 5.41) is 12.8. The number of hydrogen-bond acceptors (Lipinski definition) is 6. The van der Waals surface area contributed by atoms with Gasteiger partial charge in [-0.05, 0) is 68.1 Å². The van der Waals surface area contributed by atoms with Crippen LogP contribution >= 0.6 is 0 Å². The second-order valence-electron chi connectivity index (χ2n) is 9.39. The van der Waals surface area contributed by atoms with Gasteiger partial charge < -0.3 is 19.9 Å². The molecule has 0 aromatic heterocycles. The first-order chi connectivity index (χ1) is 16.5. The van der Waals surface area contributed by atoms with Gasteiger partial charge in [-0.15, -0.1) is 0 Å². The van der Waals surface area contributed by atoms with Crippen LogP contribution in [0.3, 0.4) is 0 Å². The van der Waals surface area contributed by atoms with E-state index in [4.69, 9.17) is 9.47 Å². The highest BCUT2D eigenvalue weighted by Gasteiger charge is 2.55. The molecule has 2 aromatic carbocycles. The Balaban J connectivity index is 1.22. The Morgan fingerprint density at radius 2 is 1.85 bits per heavy atom. The average Bonchev–Trinajstić information content (AvgIpc) is 3.09. The van der Waals surface area contributed by atoms with E-state index >= 15 is 0 Å². The Bertz CT molecular complexity index is 1070. The third kappa shape index (κ3) is 4.18. The van der Waals surface area contributed by atoms with Gasteiger partial charge in [0.2, 0.25) is 0 Å². The van der Waals surface area contributed by atoms with Gasteiger partial charge >= 0.3 is 6.03 Å². The van der Waals surface area contributed by atoms with Crippen molar-refractivity contribution in [3.63, 3.8) is 0 Å². The van der Waals surface area contributed by atoms with E-state index < -0.39 is 11.6 Å². The van der Waals surface area contributed by atoms with Crippen LogP contribution in [0.4, 0.5) is 4.79 Å². The minimum atomic E-state index is -0.873. The molecule has 0 spiro atoms. The van der Waals surface area contributed by atoms with Crippen molar-refractivity contribution in [2.45, 2.75) is 44.4 Å². The highest BCUT2D eigenvalue weighted by atomic mass is 16.6. The molecule has 3 heterocycles. The second-order valence-corrected chi connectivity index (χ2v) is 9.39. The van der Waals surface area contributed by atoms with Crippen molar-refractivity contribution < 1.29 is 24.2 Å². The van der Waals surface area contributed by atoms with Gasteiger partial charge in [0, 0.05) is 6.54 Å². The minimum absolute atomic E-state index is 0.0728. The molecular weight excluding hydrogens is 434 g/mol. The number of piperidine rings is 1. The van der Waals surface area contributed by atoms with Crippen molar-refractivity contribution in [2.24, 2.45) is 5.92 Å². The smallest absolute Gasteiger partial charge is 0.325 e. The van der Waals surface area contributed by atoms with Crippen LogP contribution in [0.5, 0.6) is 17.2 Å². The Morgan fingerprint density at radius 1 is 1.09 bits per heavy atom. The van der Waals surface area contributed by atoms with Crippen LogP contribution in [0.1, 0.15) is 31.7 Å². The normalized spacial score (nSPS) is 25.4. The summed E-state index contributed by atoms with van der Waals surface area (Å²) in [5.41, 5.74) is 0.193. The van der Waals surface area contributed by atoms with Crippen LogP contribution in [0.2, 0.25) is 0 Å². The highest BCUT2D eigenvalue weighted by Crippen LogP contribution is 2.37. The third-order valence-electron chi connectivity index (χ3n) is 7.31. The van der Waals surface area contributed by atoms with E-state index in [2.05, 4.69) is 10.2 Å². The first-order valence-corrected chi connectivity index (χ1v) is 12.0. The first kappa shape index (κ1) is 22.5. The average molecular weight is 466 g/mol. The van der Waals surface area contributed by atoms with Gasteiger partial charge in [-0.2, -0.15) is 0 Å². The zero-order valence-electron chi connectivity index (χ0n) is 19.4. The predicted octanol–water partition coefficient (Wildman–Crippen LogP) is 3.14. The molecule has 0 radical (unpaired) electrons. The minimum Gasteiger partial charge on any atom is -0.508 e. The molecule has 0 bridgehead atoms. The summed E-state index contributed by atoms with van der Waals surface area (Å²) < 4.78 is 11.8. The Morgan fingerprint density at radius 3 is 2.59 bits per heavy atom. The molecule has 180 valence electrons. The maximum atomic E-state index is 13.6. The van der Waals surface area contributed by atoms with Crippen molar-refractivity contribution >= 4 is 11.9 Å². The molecule has 3 aliphatic heterocycles. The van der Waals surface area contributed by atoms with Crippen LogP contribution in [0.25, 0.3) is 0 Å². The standard InChI is InChI=1S/C26H31N3O5/c1-2-26(19-10-12-28(13-11-19)15-18-6-5-7-20(30)14-18)24(31)29(25(32)27-26)16-21-17-33-22-8-3-4-9-23(22)34-21/h3-9,14,19,21,30H,2,10-13,15-17H2,1H3,(H,27,32)/t21-,26-/m0/s1. The molecule has 2 N–H and O–H groups in total. The molecule has 3 aliphatic rings. The summed E-state index contributed by atoms with van der Waals surface area (Å²) in [7, 11) is 0. The molecule has 0 saturated carbocycles. The number of imide groups is 1. The number of nitrogens with one attached hydrogen (secondary N) is 1. The number of likely N-dealkylation sites (tertiary alicyclic amines) is 1. The number of nitrogens with zero attached hydrogens (tertiary/aromatic N) is 2. The zero-order valence-corrected chi connectivity index (χ0v) is 19.4. The number of phenols is 1. The number of para-hydroxylation sites is 2. The van der Waals surface area contributed by atoms with Gasteiger partial charge in [0.15, 0.2) is 17.6 Å². The number of carbonyl (C=O) groups excluding carboxylic acids is 2. The maximum absolute atomic E-state index is 13.6. The number of benzene rings is 2. The summed E-state index contributed by atoms with van der Waals surface area (Å²) in [4.78, 5) is 30.2. The van der Waals surface area contributed by atoms with Crippen LogP contribution in [0.15, 0.2) is 48.5 Å². The van der Waals surface area contributed by atoms with Crippen LogP contribution in [0, 0.1) is 5.92 Å². The van der Waals surface area contributed by atoms with Gasteiger partial charge in [0.05, 0.1) is 6.54 Å². The van der Waals surface area contributed by atoms with Crippen LogP contribution in [-0.2, 0) is 11.3 Å². The Labute approximate surface area is 199 Å². The summed E-state index contributed by atoms with van der Waals surface area (Å²) >= 11 is 0. The lowest BCUT2D eigenvalue weighted by atomic mass is 9.75. The molecule has 34 heavy (non-hydrogen) atoms. The molecule has 8 nitrogen and oxygen atoms in total. The summed E-state index contributed by atoms with van der Waals surface area (Å²) in [6, 6.07) is 14.4. The lowest BCUT2D eigenvalue weighted by Crippen LogP contribution is -2.56. The number of phenolic OH excluding ortho intramolecular Hbond substituents is 1. The molecule has 0 aliphatic carbocycles. The van der Waals surface area contributed by atoms with Crippen molar-refractivity contribution in [2.75, 3.05) is 26.2 Å². The number of amides is 3. The van der Waals surface area contributed by atoms with E-state index in [1.165, 1.54) is 4.90 Å². The number of carbonyl (C=O) groups is 2. The number of ether oxygens (including phenoxy) is 2. The third-order valence-corrected chi connectivity index (χ3v) is 7.31. The molecule has 2 aromatic rings. The van der Waals surface area contributed by atoms with Gasteiger partial charge in [-0.25, -0.2) is 4.79 Å². The Kier molecular flexibility index (Phi) is 6.08. The van der Waals surface area contributed by atoms with Crippen molar-refractivity contribution in [3.8, 4) is 17.2 Å². The van der Waals surface area contributed by atoms with E-state index in [1.54, 1.807) is 12.1 Å². The number of urea groups is 1. The topological polar surface area (TPSA) is 91.3 Å². The van der Waals surface area contributed by atoms with Gasteiger partial charge in [0.25, 0.3) is 5.91 Å². The van der Waals surface area contributed by atoms with Gasteiger partial charge in [0.1, 0.15) is 17.9 Å². The molecule has 8 heteroatoms. The van der Waals surface area contributed by atoms with Crippen LogP contribution in [-0.4, -0.2) is 64.7 Å². The lowest BCUT2D eigenvalue weighted by Gasteiger charge is -2.40. The van der Waals surface area contributed by atoms with Crippen molar-refractivity contribution in [1.29, 1.82) is 0 Å². The molecule has 3 amide bonds. The van der Waals surface area contributed by atoms with E-state index in [0.717, 1.165) is 38.0 Å². The number of aromatic hydroxyl groups is 1. The first-order valence-electron chi connectivity index (χ1n) is 12.0. The maximum Gasteiger partial charge on any atom is 0.325 e. The van der Waals surface area contributed by atoms with E-state index in [0.29, 0.717) is 24.5 Å². The van der Waals surface area contributed by atoms with Crippen molar-refractivity contribution in [1.82, 2.24) is 15.1 Å². The van der Waals surface area contributed by atoms with E-state index in [9.17, 15) is 14.7 Å². The van der Waals surface area contributed by atoms with Gasteiger partial charge in [-0.1, -0.05) is 31.2 Å². The second kappa shape index (κ2) is 9.18. The highest BCUT2D eigenvalue weighted by molar-refractivity contribution is 6.07. The summed E-state index contributed by atoms with van der Waals surface area (Å²) in [6.45, 7) is 4.85. The largest absolute Gasteiger partial charge is 0.508 e. The molecule has 2 saturated heterocycles. The number of rotatable bonds is 6. The zero-order chi connectivity index (χ0) is 23.7. The van der Waals surface area contributed by atoms with Crippen LogP contribution < -0.4 is 14.8 Å². The quantitative estimate of drug-likeness (QED) is 0.637. The fourth-order valence-corrected chi connectivity index (χ4v) is 5.47. The summed E-state index contributed by atoms with van der Waals surface area (Å²) in [5.74, 6) is 1.49. The summed E-state index contributed by atoms with van der Waals surface area (Å²) in [6.07, 6.45) is 1.79. The lowest BCUT2D eigenvalue weighted by molar-refractivity contribution is -0.135. The molecule has 2 atom stereocenters. The SMILES string of the molecule is CC[C@@]1(C2CCN(Cc3cccc(O)c3)CC2)NC(=O)N(C[C@H]2COc3ccccc3O2)C1=O. The fraction of sp³-hybridized carbons (Fsp3) is 0.462. The predicted molar refractivity (Wildman–Crippen MR) is 126 cm³/mol. The van der Waals surface area contributed by atoms with E-state index in [1.807, 2.05) is 43.3 Å². The monoisotopic (exact) mass is 465 g/mol. The molecule has 2 fully saturated rings. The molecular formula is C26H31N3O5. The van der Waals surface area contributed by atoms with Gasteiger partial charge in [-0.3, -0.25) is 14.6 Å². The number of fused-ring (bicyclic) bond motifs is 1.